The average molecular weight is 302 g/mol. The van der Waals surface area contributed by atoms with Crippen molar-refractivity contribution < 1.29 is 4.79 Å². The van der Waals surface area contributed by atoms with E-state index in [2.05, 4.69) is 10.3 Å². The van der Waals surface area contributed by atoms with Gasteiger partial charge in [-0.05, 0) is 36.8 Å². The maximum absolute atomic E-state index is 12.2. The Hall–Kier alpha value is -2.07. The van der Waals surface area contributed by atoms with Crippen LogP contribution in [0.25, 0.3) is 0 Å². The van der Waals surface area contributed by atoms with E-state index in [0.717, 1.165) is 29.3 Å². The first kappa shape index (κ1) is 13.9. The monoisotopic (exact) mass is 301 g/mol. The fraction of sp³-hybridized carbons (Fsp3) is 0.250. The Bertz CT molecular complexity index is 687. The molecule has 21 heavy (non-hydrogen) atoms. The van der Waals surface area contributed by atoms with Gasteiger partial charge in [-0.15, -0.1) is 0 Å². The van der Waals surface area contributed by atoms with Gasteiger partial charge in [-0.1, -0.05) is 23.7 Å². The molecule has 1 amide bonds. The molecule has 1 N–H and O–H groups in total. The Morgan fingerprint density at radius 3 is 3.00 bits per heavy atom. The second-order valence-electron chi connectivity index (χ2n) is 4.97. The third-order valence-electron chi connectivity index (χ3n) is 3.47. The zero-order chi connectivity index (χ0) is 14.8. The summed E-state index contributed by atoms with van der Waals surface area (Å²) in [6.45, 7) is 3.31. The Morgan fingerprint density at radius 2 is 2.19 bits per heavy atom. The molecular weight excluding hydrogens is 286 g/mol. The van der Waals surface area contributed by atoms with Crippen LogP contribution >= 0.6 is 11.6 Å². The highest BCUT2D eigenvalue weighted by molar-refractivity contribution is 6.31. The van der Waals surface area contributed by atoms with Crippen LogP contribution in [0.3, 0.4) is 0 Å². The number of amides is 1. The molecule has 0 bridgehead atoms. The third-order valence-corrected chi connectivity index (χ3v) is 3.70. The lowest BCUT2D eigenvalue weighted by molar-refractivity contribution is -0.117. The van der Waals surface area contributed by atoms with E-state index >= 15 is 0 Å². The maximum Gasteiger partial charge on any atom is 0.231 e. The first-order valence-electron chi connectivity index (χ1n) is 6.96. The van der Waals surface area contributed by atoms with Crippen LogP contribution in [0.5, 0.6) is 0 Å². The molecule has 0 spiro atoms. The predicted molar refractivity (Wildman–Crippen MR) is 84.7 cm³/mol. The van der Waals surface area contributed by atoms with E-state index in [1.54, 1.807) is 4.90 Å². The molecule has 1 aromatic carbocycles. The minimum atomic E-state index is 0.0860. The van der Waals surface area contributed by atoms with Crippen molar-refractivity contribution in [1.29, 1.82) is 0 Å². The van der Waals surface area contributed by atoms with E-state index in [0.29, 0.717) is 18.0 Å². The van der Waals surface area contributed by atoms with Gasteiger partial charge >= 0.3 is 0 Å². The minimum absolute atomic E-state index is 0.0860. The summed E-state index contributed by atoms with van der Waals surface area (Å²) in [5.41, 5.74) is 2.77. The summed E-state index contributed by atoms with van der Waals surface area (Å²) in [4.78, 5) is 18.5. The number of carbonyl (C=O) groups is 1. The quantitative estimate of drug-likeness (QED) is 0.943. The number of aromatic nitrogens is 1. The molecule has 1 aromatic heterocycles. The van der Waals surface area contributed by atoms with Crippen molar-refractivity contribution >= 4 is 29.0 Å². The zero-order valence-corrected chi connectivity index (χ0v) is 12.5. The molecule has 2 heterocycles. The number of hydrogen-bond donors (Lipinski definition) is 1. The largest absolute Gasteiger partial charge is 0.370 e. The molecule has 4 nitrogen and oxygen atoms in total. The Kier molecular flexibility index (Phi) is 3.80. The van der Waals surface area contributed by atoms with Crippen molar-refractivity contribution in [2.45, 2.75) is 19.9 Å². The number of pyridine rings is 1. The van der Waals surface area contributed by atoms with Crippen molar-refractivity contribution in [2.24, 2.45) is 0 Å². The first-order chi connectivity index (χ1) is 10.2. The van der Waals surface area contributed by atoms with Crippen LogP contribution < -0.4 is 10.2 Å². The van der Waals surface area contributed by atoms with Gasteiger partial charge < -0.3 is 10.2 Å². The third kappa shape index (κ3) is 2.85. The van der Waals surface area contributed by atoms with Crippen LogP contribution in [0.15, 0.2) is 36.4 Å². The van der Waals surface area contributed by atoms with E-state index in [1.165, 1.54) is 0 Å². The normalized spacial score (nSPS) is 13.4. The lowest BCUT2D eigenvalue weighted by Crippen LogP contribution is -2.26. The van der Waals surface area contributed by atoms with E-state index in [9.17, 15) is 4.79 Å². The molecule has 3 rings (SSSR count). The maximum atomic E-state index is 12.2. The van der Waals surface area contributed by atoms with Crippen LogP contribution in [0.2, 0.25) is 5.02 Å². The second-order valence-corrected chi connectivity index (χ2v) is 5.41. The first-order valence-corrected chi connectivity index (χ1v) is 7.34. The molecule has 2 aromatic rings. The molecular formula is C16H16ClN3O. The van der Waals surface area contributed by atoms with Gasteiger partial charge in [0.05, 0.1) is 18.7 Å². The number of rotatable bonds is 4. The summed E-state index contributed by atoms with van der Waals surface area (Å²) in [6.07, 6.45) is 0.430. The molecule has 0 aliphatic carbocycles. The lowest BCUT2D eigenvalue weighted by Gasteiger charge is -2.17. The van der Waals surface area contributed by atoms with E-state index in [4.69, 9.17) is 11.6 Å². The number of carbonyl (C=O) groups excluding carboxylic acids is 1. The highest BCUT2D eigenvalue weighted by Gasteiger charge is 2.27. The summed E-state index contributed by atoms with van der Waals surface area (Å²) in [7, 11) is 0. The van der Waals surface area contributed by atoms with Gasteiger partial charge in [0.1, 0.15) is 5.82 Å². The highest BCUT2D eigenvalue weighted by Crippen LogP contribution is 2.32. The second kappa shape index (κ2) is 5.74. The van der Waals surface area contributed by atoms with Crippen molar-refractivity contribution in [3.63, 3.8) is 0 Å². The molecule has 108 valence electrons. The highest BCUT2D eigenvalue weighted by atomic mass is 35.5. The number of benzene rings is 1. The van der Waals surface area contributed by atoms with Gasteiger partial charge in [0.25, 0.3) is 0 Å². The Morgan fingerprint density at radius 1 is 1.33 bits per heavy atom. The van der Waals surface area contributed by atoms with Gasteiger partial charge in [0.15, 0.2) is 0 Å². The summed E-state index contributed by atoms with van der Waals surface area (Å²) < 4.78 is 0. The number of fused-ring (bicyclic) bond motifs is 1. The van der Waals surface area contributed by atoms with Crippen LogP contribution in [-0.2, 0) is 17.8 Å². The van der Waals surface area contributed by atoms with E-state index < -0.39 is 0 Å². The number of anilines is 2. The molecule has 0 radical (unpaired) electrons. The van der Waals surface area contributed by atoms with Gasteiger partial charge in [0.2, 0.25) is 5.91 Å². The summed E-state index contributed by atoms with van der Waals surface area (Å²) in [5.74, 6) is 0.913. The van der Waals surface area contributed by atoms with Gasteiger partial charge in [0, 0.05) is 17.3 Å². The number of nitrogens with one attached hydrogen (secondary N) is 1. The minimum Gasteiger partial charge on any atom is -0.370 e. The number of nitrogens with zero attached hydrogens (tertiary/aromatic N) is 2. The number of hydrogen-bond acceptors (Lipinski definition) is 3. The molecule has 0 saturated carbocycles. The number of halogens is 1. The van der Waals surface area contributed by atoms with Crippen molar-refractivity contribution in [1.82, 2.24) is 4.98 Å². The van der Waals surface area contributed by atoms with Gasteiger partial charge in [-0.25, -0.2) is 4.98 Å². The smallest absolute Gasteiger partial charge is 0.231 e. The van der Waals surface area contributed by atoms with Crippen LogP contribution in [0.4, 0.5) is 11.5 Å². The van der Waals surface area contributed by atoms with Gasteiger partial charge in [-0.3, -0.25) is 4.79 Å². The van der Waals surface area contributed by atoms with E-state index in [1.807, 2.05) is 43.3 Å². The molecule has 0 atom stereocenters. The van der Waals surface area contributed by atoms with Crippen LogP contribution in [0, 0.1) is 0 Å². The molecule has 1 aliphatic rings. The zero-order valence-electron chi connectivity index (χ0n) is 11.8. The Balaban J connectivity index is 1.87. The lowest BCUT2D eigenvalue weighted by atomic mass is 10.2. The molecule has 0 unspecified atom stereocenters. The topological polar surface area (TPSA) is 45.2 Å². The molecule has 5 heteroatoms. The molecule has 1 aliphatic heterocycles. The SMILES string of the molecule is CCNc1cccc(CN2C(=O)Cc3ccc(Cl)cc32)n1. The molecule has 0 saturated heterocycles. The van der Waals surface area contributed by atoms with Gasteiger partial charge in [-0.2, -0.15) is 0 Å². The van der Waals surface area contributed by atoms with Crippen molar-refractivity contribution in [3.05, 3.63) is 52.7 Å². The molecule has 0 fully saturated rings. The summed E-state index contributed by atoms with van der Waals surface area (Å²) >= 11 is 6.04. The van der Waals surface area contributed by atoms with E-state index in [-0.39, 0.29) is 5.91 Å². The van der Waals surface area contributed by atoms with Crippen LogP contribution in [0.1, 0.15) is 18.2 Å². The standard InChI is InChI=1S/C16H16ClN3O/c1-2-18-15-5-3-4-13(19-15)10-20-14-9-12(17)7-6-11(14)8-16(20)21/h3-7,9H,2,8,10H2,1H3,(H,18,19). The van der Waals surface area contributed by atoms with Crippen molar-refractivity contribution in [2.75, 3.05) is 16.8 Å². The average Bonchev–Trinajstić information content (AvgIpc) is 2.76. The van der Waals surface area contributed by atoms with Crippen molar-refractivity contribution in [3.8, 4) is 0 Å². The Labute approximate surface area is 128 Å². The summed E-state index contributed by atoms with van der Waals surface area (Å²) in [6, 6.07) is 11.4. The summed E-state index contributed by atoms with van der Waals surface area (Å²) in [5, 5.41) is 3.82. The fourth-order valence-electron chi connectivity index (χ4n) is 2.51. The van der Waals surface area contributed by atoms with Crippen LogP contribution in [-0.4, -0.2) is 17.4 Å². The predicted octanol–water partition coefficient (Wildman–Crippen LogP) is 3.26. The fourth-order valence-corrected chi connectivity index (χ4v) is 2.68.